The number of aromatic nitrogens is 1. The van der Waals surface area contributed by atoms with Gasteiger partial charge in [-0.1, -0.05) is 0 Å². The van der Waals surface area contributed by atoms with E-state index in [1.54, 1.807) is 0 Å². The molecule has 0 saturated carbocycles. The van der Waals surface area contributed by atoms with Gasteiger partial charge in [-0.3, -0.25) is 0 Å². The quantitative estimate of drug-likeness (QED) is 0.715. The highest BCUT2D eigenvalue weighted by molar-refractivity contribution is 7.89. The third-order valence-corrected chi connectivity index (χ3v) is 5.21. The van der Waals surface area contributed by atoms with Crippen LogP contribution in [0.3, 0.4) is 0 Å². The zero-order chi connectivity index (χ0) is 14.8. The molecule has 20 heavy (non-hydrogen) atoms. The number of H-pyrrole nitrogens is 1. The Labute approximate surface area is 120 Å². The lowest BCUT2D eigenvalue weighted by molar-refractivity contribution is 0.265. The molecule has 114 valence electrons. The molecule has 1 fully saturated rings. The van der Waals surface area contributed by atoms with Gasteiger partial charge >= 0.3 is 0 Å². The average molecular weight is 301 g/mol. The number of aromatic amines is 1. The van der Waals surface area contributed by atoms with E-state index >= 15 is 0 Å². The number of hydrogen-bond acceptors (Lipinski definition) is 4. The van der Waals surface area contributed by atoms with Gasteiger partial charge in [-0.2, -0.15) is 0 Å². The number of aliphatic hydroxyl groups excluding tert-OH is 1. The number of sulfonamides is 1. The van der Waals surface area contributed by atoms with Gasteiger partial charge in [0.1, 0.15) is 0 Å². The van der Waals surface area contributed by atoms with E-state index in [2.05, 4.69) is 28.5 Å². The second-order valence-electron chi connectivity index (χ2n) is 5.61. The molecule has 1 unspecified atom stereocenters. The molecule has 1 aromatic heterocycles. The molecule has 1 saturated heterocycles. The fourth-order valence-corrected chi connectivity index (χ4v) is 3.61. The Bertz CT molecular complexity index is 539. The first-order valence-corrected chi connectivity index (χ1v) is 8.42. The van der Waals surface area contributed by atoms with Crippen LogP contribution in [0.4, 0.5) is 0 Å². The van der Waals surface area contributed by atoms with Crippen LogP contribution in [-0.2, 0) is 16.6 Å². The van der Waals surface area contributed by atoms with E-state index < -0.39 is 10.0 Å². The van der Waals surface area contributed by atoms with Crippen molar-refractivity contribution in [1.82, 2.24) is 14.6 Å². The molecule has 3 N–H and O–H groups in total. The molecule has 1 aromatic rings. The van der Waals surface area contributed by atoms with Crippen molar-refractivity contribution in [2.75, 3.05) is 19.6 Å². The SMILES string of the molecule is CC(C)N1CCC(CNS(=O)(=O)c2c[nH]c(CO)c2)C1. The molecule has 0 amide bonds. The van der Waals surface area contributed by atoms with Crippen LogP contribution >= 0.6 is 0 Å². The summed E-state index contributed by atoms with van der Waals surface area (Å²) in [6.07, 6.45) is 2.43. The number of nitrogens with one attached hydrogen (secondary N) is 2. The van der Waals surface area contributed by atoms with Crippen LogP contribution in [0.1, 0.15) is 26.0 Å². The Balaban J connectivity index is 1.90. The third kappa shape index (κ3) is 3.60. The number of hydrogen-bond donors (Lipinski definition) is 3. The van der Waals surface area contributed by atoms with E-state index in [0.717, 1.165) is 19.5 Å². The highest BCUT2D eigenvalue weighted by Gasteiger charge is 2.26. The summed E-state index contributed by atoms with van der Waals surface area (Å²) in [6, 6.07) is 1.96. The van der Waals surface area contributed by atoms with Gasteiger partial charge < -0.3 is 15.0 Å². The van der Waals surface area contributed by atoms with Crippen molar-refractivity contribution in [3.63, 3.8) is 0 Å². The Morgan fingerprint density at radius 2 is 2.30 bits per heavy atom. The Morgan fingerprint density at radius 1 is 1.55 bits per heavy atom. The smallest absolute Gasteiger partial charge is 0.242 e. The summed E-state index contributed by atoms with van der Waals surface area (Å²) in [6.45, 7) is 6.55. The van der Waals surface area contributed by atoms with Crippen molar-refractivity contribution in [2.24, 2.45) is 5.92 Å². The standard InChI is InChI=1S/C13H23N3O3S/c1-10(2)16-4-3-11(8-16)6-15-20(18,19)13-5-12(9-17)14-7-13/h5,7,10-11,14-15,17H,3-4,6,8-9H2,1-2H3. The maximum atomic E-state index is 12.1. The van der Waals surface area contributed by atoms with Crippen molar-refractivity contribution < 1.29 is 13.5 Å². The Morgan fingerprint density at radius 3 is 2.85 bits per heavy atom. The van der Waals surface area contributed by atoms with E-state index in [0.29, 0.717) is 24.2 Å². The van der Waals surface area contributed by atoms with Gasteiger partial charge in [0, 0.05) is 31.0 Å². The van der Waals surface area contributed by atoms with Gasteiger partial charge in [-0.05, 0) is 38.8 Å². The van der Waals surface area contributed by atoms with Crippen LogP contribution in [-0.4, -0.2) is 49.1 Å². The second-order valence-corrected chi connectivity index (χ2v) is 7.38. The van der Waals surface area contributed by atoms with Crippen molar-refractivity contribution >= 4 is 10.0 Å². The summed E-state index contributed by atoms with van der Waals surface area (Å²) in [5, 5.41) is 8.95. The van der Waals surface area contributed by atoms with Crippen molar-refractivity contribution in [2.45, 2.75) is 37.8 Å². The summed E-state index contributed by atoms with van der Waals surface area (Å²) in [7, 11) is -3.49. The molecular weight excluding hydrogens is 278 g/mol. The maximum Gasteiger partial charge on any atom is 0.242 e. The maximum absolute atomic E-state index is 12.1. The molecule has 0 radical (unpaired) electrons. The van der Waals surface area contributed by atoms with Crippen molar-refractivity contribution in [3.05, 3.63) is 18.0 Å². The van der Waals surface area contributed by atoms with Crippen LogP contribution in [0, 0.1) is 5.92 Å². The van der Waals surface area contributed by atoms with Crippen molar-refractivity contribution in [1.29, 1.82) is 0 Å². The summed E-state index contributed by atoms with van der Waals surface area (Å²) in [4.78, 5) is 5.28. The van der Waals surface area contributed by atoms with Crippen LogP contribution < -0.4 is 4.72 Å². The molecule has 2 heterocycles. The summed E-state index contributed by atoms with van der Waals surface area (Å²) in [5.74, 6) is 0.364. The van der Waals surface area contributed by atoms with Gasteiger partial charge in [0.15, 0.2) is 0 Å². The molecule has 2 rings (SSSR count). The van der Waals surface area contributed by atoms with E-state index in [1.165, 1.54) is 12.3 Å². The highest BCUT2D eigenvalue weighted by atomic mass is 32.2. The Hall–Kier alpha value is -0.890. The summed E-state index contributed by atoms with van der Waals surface area (Å²) >= 11 is 0. The van der Waals surface area contributed by atoms with E-state index in [9.17, 15) is 8.42 Å². The normalized spacial score (nSPS) is 20.9. The Kier molecular flexibility index (Phi) is 4.85. The van der Waals surface area contributed by atoms with Gasteiger partial charge in [-0.25, -0.2) is 13.1 Å². The monoisotopic (exact) mass is 301 g/mol. The zero-order valence-corrected chi connectivity index (χ0v) is 12.8. The number of rotatable bonds is 6. The first-order chi connectivity index (χ1) is 9.42. The largest absolute Gasteiger partial charge is 0.390 e. The van der Waals surface area contributed by atoms with Gasteiger partial charge in [-0.15, -0.1) is 0 Å². The lowest BCUT2D eigenvalue weighted by Gasteiger charge is -2.20. The predicted molar refractivity (Wildman–Crippen MR) is 76.7 cm³/mol. The lowest BCUT2D eigenvalue weighted by atomic mass is 10.1. The van der Waals surface area contributed by atoms with Crippen LogP contribution in [0.15, 0.2) is 17.2 Å². The average Bonchev–Trinajstić information content (AvgIpc) is 3.05. The van der Waals surface area contributed by atoms with Crippen molar-refractivity contribution in [3.8, 4) is 0 Å². The molecule has 0 bridgehead atoms. The molecule has 0 aliphatic carbocycles. The summed E-state index contributed by atoms with van der Waals surface area (Å²) in [5.41, 5.74) is 0.497. The lowest BCUT2D eigenvalue weighted by Crippen LogP contribution is -2.32. The minimum atomic E-state index is -3.49. The first kappa shape index (κ1) is 15.5. The molecule has 1 aliphatic rings. The molecule has 7 heteroatoms. The van der Waals surface area contributed by atoms with Gasteiger partial charge in [0.05, 0.1) is 11.5 Å². The summed E-state index contributed by atoms with van der Waals surface area (Å²) < 4.78 is 26.9. The number of aliphatic hydroxyl groups is 1. The minimum absolute atomic E-state index is 0.181. The van der Waals surface area contributed by atoms with E-state index in [1.807, 2.05) is 0 Å². The second kappa shape index (κ2) is 6.26. The molecule has 0 aromatic carbocycles. The zero-order valence-electron chi connectivity index (χ0n) is 12.0. The minimum Gasteiger partial charge on any atom is -0.390 e. The fourth-order valence-electron chi connectivity index (χ4n) is 2.47. The van der Waals surface area contributed by atoms with E-state index in [-0.39, 0.29) is 11.5 Å². The third-order valence-electron chi connectivity index (χ3n) is 3.81. The number of nitrogens with zero attached hydrogens (tertiary/aromatic N) is 1. The first-order valence-electron chi connectivity index (χ1n) is 6.94. The molecular formula is C13H23N3O3S. The fraction of sp³-hybridized carbons (Fsp3) is 0.692. The van der Waals surface area contributed by atoms with E-state index in [4.69, 9.17) is 5.11 Å². The van der Waals surface area contributed by atoms with Crippen LogP contribution in [0.5, 0.6) is 0 Å². The highest BCUT2D eigenvalue weighted by Crippen LogP contribution is 2.18. The van der Waals surface area contributed by atoms with Gasteiger partial charge in [0.25, 0.3) is 0 Å². The molecule has 1 atom stereocenters. The molecule has 6 nitrogen and oxygen atoms in total. The topological polar surface area (TPSA) is 85.4 Å². The predicted octanol–water partition coefficient (Wildman–Crippen LogP) is 0.516. The number of likely N-dealkylation sites (tertiary alicyclic amines) is 1. The van der Waals surface area contributed by atoms with Crippen LogP contribution in [0.25, 0.3) is 0 Å². The molecule has 1 aliphatic heterocycles. The van der Waals surface area contributed by atoms with Gasteiger partial charge in [0.2, 0.25) is 10.0 Å². The van der Waals surface area contributed by atoms with Crippen LogP contribution in [0.2, 0.25) is 0 Å². The molecule has 0 spiro atoms.